The smallest absolute Gasteiger partial charge is 0.246 e. The van der Waals surface area contributed by atoms with Gasteiger partial charge in [-0.2, -0.15) is 0 Å². The van der Waals surface area contributed by atoms with Gasteiger partial charge in [0.05, 0.1) is 58.3 Å². The Kier molecular flexibility index (Phi) is 23.5. The Morgan fingerprint density at radius 2 is 1.28 bits per heavy atom. The van der Waals surface area contributed by atoms with Gasteiger partial charge in [0, 0.05) is 26.6 Å². The molecule has 1 rings (SSSR count). The van der Waals surface area contributed by atoms with E-state index in [0.29, 0.717) is 65.1 Å². The number of likely N-dealkylation sites (N-methyl/N-ethyl adjacent to an activating group) is 1. The van der Waals surface area contributed by atoms with Gasteiger partial charge in [0.2, 0.25) is 23.6 Å². The van der Waals surface area contributed by atoms with Gasteiger partial charge in [0.1, 0.15) is 13.2 Å². The fraction of sp³-hybridized carbons (Fsp3) is 0.656. The van der Waals surface area contributed by atoms with Crippen LogP contribution in [0.25, 0.3) is 0 Å². The Labute approximate surface area is 277 Å². The number of carbonyl (C=O) groups excluding carboxylic acids is 5. The number of unbranched alkanes of at least 4 members (excludes halogenated alkanes) is 1. The molecule has 1 aromatic carbocycles. The number of hydrogen-bond acceptors (Lipinski definition) is 11. The molecule has 0 aliphatic carbocycles. The summed E-state index contributed by atoms with van der Waals surface area (Å²) in [7, 11) is 1.72. The van der Waals surface area contributed by atoms with Crippen LogP contribution >= 0.6 is 0 Å². The van der Waals surface area contributed by atoms with Crippen molar-refractivity contribution in [3.05, 3.63) is 35.4 Å². The van der Waals surface area contributed by atoms with Crippen molar-refractivity contribution in [1.29, 1.82) is 0 Å². The Morgan fingerprint density at radius 3 is 1.83 bits per heavy atom. The number of rotatable bonds is 29. The summed E-state index contributed by atoms with van der Waals surface area (Å²) in [6, 6.07) is 6.79. The molecule has 1 aromatic rings. The quantitative estimate of drug-likeness (QED) is 0.0557. The van der Waals surface area contributed by atoms with Gasteiger partial charge in [0.25, 0.3) is 0 Å². The lowest BCUT2D eigenvalue weighted by molar-refractivity contribution is -0.127. The summed E-state index contributed by atoms with van der Waals surface area (Å²) in [5, 5.41) is 14.1. The van der Waals surface area contributed by atoms with Crippen molar-refractivity contribution in [3.63, 3.8) is 0 Å². The first-order chi connectivity index (χ1) is 22.6. The zero-order valence-electron chi connectivity index (χ0n) is 28.0. The van der Waals surface area contributed by atoms with Crippen molar-refractivity contribution in [2.24, 2.45) is 5.73 Å². The Morgan fingerprint density at radius 1 is 0.723 bits per heavy atom. The van der Waals surface area contributed by atoms with E-state index < -0.39 is 11.9 Å². The highest BCUT2D eigenvalue weighted by molar-refractivity contribution is 5.87. The largest absolute Gasteiger partial charge is 0.377 e. The van der Waals surface area contributed by atoms with E-state index in [4.69, 9.17) is 24.7 Å². The summed E-state index contributed by atoms with van der Waals surface area (Å²) in [6.45, 7) is 6.21. The van der Waals surface area contributed by atoms with Crippen molar-refractivity contribution in [2.75, 3.05) is 86.1 Å². The number of primary amides is 1. The van der Waals surface area contributed by atoms with Crippen LogP contribution in [0.1, 0.15) is 37.3 Å². The zero-order chi connectivity index (χ0) is 34.7. The minimum atomic E-state index is -0.645. The van der Waals surface area contributed by atoms with Gasteiger partial charge < -0.3 is 45.9 Å². The maximum atomic E-state index is 12.7. The van der Waals surface area contributed by atoms with Crippen LogP contribution in [0, 0.1) is 6.92 Å². The summed E-state index contributed by atoms with van der Waals surface area (Å²) < 4.78 is 21.2. The molecule has 0 unspecified atom stereocenters. The normalized spacial score (nSPS) is 12.2. The van der Waals surface area contributed by atoms with Crippen molar-refractivity contribution in [3.8, 4) is 0 Å². The van der Waals surface area contributed by atoms with Crippen LogP contribution in [0.2, 0.25) is 0 Å². The minimum absolute atomic E-state index is 0.0209. The third-order valence-electron chi connectivity index (χ3n) is 6.80. The van der Waals surface area contributed by atoms with Crippen LogP contribution in [0.4, 0.5) is 0 Å². The molecular formula is C32H54N6O9. The predicted octanol–water partition coefficient (Wildman–Crippen LogP) is -1.26. The van der Waals surface area contributed by atoms with E-state index in [0.717, 1.165) is 11.1 Å². The lowest BCUT2D eigenvalue weighted by Gasteiger charge is -2.19. The van der Waals surface area contributed by atoms with Crippen molar-refractivity contribution >= 4 is 29.4 Å². The average molecular weight is 667 g/mol. The first kappa shape index (κ1) is 41.6. The fourth-order valence-electron chi connectivity index (χ4n) is 4.18. The molecular weight excluding hydrogens is 612 g/mol. The molecule has 15 heteroatoms. The number of benzene rings is 1. The summed E-state index contributed by atoms with van der Waals surface area (Å²) >= 11 is 0. The van der Waals surface area contributed by atoms with E-state index in [1.54, 1.807) is 7.05 Å². The highest BCUT2D eigenvalue weighted by Crippen LogP contribution is 2.07. The Hall–Kier alpha value is -3.47. The molecule has 2 atom stereocenters. The highest BCUT2D eigenvalue weighted by Gasteiger charge is 2.20. The molecule has 0 saturated carbocycles. The number of aryl methyl sites for hydroxylation is 1. The minimum Gasteiger partial charge on any atom is -0.377 e. The van der Waals surface area contributed by atoms with E-state index in [2.05, 4.69) is 26.6 Å². The van der Waals surface area contributed by atoms with Crippen LogP contribution in [-0.4, -0.2) is 128 Å². The highest BCUT2D eigenvalue weighted by atomic mass is 16.5. The molecule has 0 saturated heterocycles. The van der Waals surface area contributed by atoms with Gasteiger partial charge in [-0.05, 0) is 45.2 Å². The number of Topliss-reactive ketones (excluding diaryl/α,β-unsaturated/α-hetero) is 1. The molecule has 0 spiro atoms. The van der Waals surface area contributed by atoms with E-state index in [9.17, 15) is 24.0 Å². The number of amides is 4. The van der Waals surface area contributed by atoms with Gasteiger partial charge in [0.15, 0.2) is 5.78 Å². The van der Waals surface area contributed by atoms with Crippen molar-refractivity contribution < 1.29 is 42.9 Å². The molecule has 266 valence electrons. The summed E-state index contributed by atoms with van der Waals surface area (Å²) in [6.07, 6.45) is 2.40. The number of hydrogen-bond donors (Lipinski definition) is 6. The molecule has 0 aliphatic rings. The number of carbonyl (C=O) groups is 5. The third kappa shape index (κ3) is 22.7. The van der Waals surface area contributed by atoms with Crippen molar-refractivity contribution in [1.82, 2.24) is 26.6 Å². The van der Waals surface area contributed by atoms with E-state index in [1.807, 2.05) is 31.2 Å². The zero-order valence-corrected chi connectivity index (χ0v) is 28.0. The molecule has 0 heterocycles. The maximum absolute atomic E-state index is 12.7. The van der Waals surface area contributed by atoms with Crippen LogP contribution in [0.3, 0.4) is 0 Å². The fourth-order valence-corrected chi connectivity index (χ4v) is 4.18. The van der Waals surface area contributed by atoms with Crippen LogP contribution in [-0.2, 0) is 49.3 Å². The van der Waals surface area contributed by atoms with Gasteiger partial charge in [-0.15, -0.1) is 0 Å². The number of nitrogens with two attached hydrogens (primary N) is 1. The lowest BCUT2D eigenvalue weighted by atomic mass is 10.0. The third-order valence-corrected chi connectivity index (χ3v) is 6.80. The molecule has 7 N–H and O–H groups in total. The van der Waals surface area contributed by atoms with Crippen molar-refractivity contribution in [2.45, 2.75) is 51.6 Å². The van der Waals surface area contributed by atoms with Gasteiger partial charge in [-0.3, -0.25) is 29.3 Å². The van der Waals surface area contributed by atoms with Gasteiger partial charge in [-0.1, -0.05) is 29.8 Å². The monoisotopic (exact) mass is 666 g/mol. The second kappa shape index (κ2) is 26.6. The molecule has 0 aliphatic heterocycles. The van der Waals surface area contributed by atoms with Crippen LogP contribution in [0.5, 0.6) is 0 Å². The lowest BCUT2D eigenvalue weighted by Crippen LogP contribution is -2.48. The van der Waals surface area contributed by atoms with Gasteiger partial charge >= 0.3 is 0 Å². The number of ether oxygens (including phenoxy) is 4. The predicted molar refractivity (Wildman–Crippen MR) is 176 cm³/mol. The molecule has 15 nitrogen and oxygen atoms in total. The first-order valence-electron chi connectivity index (χ1n) is 16.0. The second-order valence-corrected chi connectivity index (χ2v) is 10.8. The number of nitrogens with one attached hydrogen (secondary N) is 5. The van der Waals surface area contributed by atoms with Gasteiger partial charge in [-0.25, -0.2) is 0 Å². The molecule has 0 fully saturated rings. The topological polar surface area (TPSA) is 208 Å². The second-order valence-electron chi connectivity index (χ2n) is 10.8. The van der Waals surface area contributed by atoms with Crippen LogP contribution in [0.15, 0.2) is 24.3 Å². The summed E-state index contributed by atoms with van der Waals surface area (Å²) in [5.41, 5.74) is 7.63. The van der Waals surface area contributed by atoms with Crippen LogP contribution < -0.4 is 32.3 Å². The maximum Gasteiger partial charge on any atom is 0.246 e. The van der Waals surface area contributed by atoms with E-state index in [1.165, 1.54) is 6.92 Å². The van der Waals surface area contributed by atoms with E-state index in [-0.39, 0.29) is 69.1 Å². The Bertz CT molecular complexity index is 1060. The molecule has 47 heavy (non-hydrogen) atoms. The molecule has 0 bridgehead atoms. The number of ketones is 1. The SMILES string of the molecule is CN[C@@H](CCCCNC(=O)COCCOCCNC(=O)COCCOCCNC(C)=O)C(=O)CN[C@@H](Cc1ccc(C)cc1)C(N)=O. The first-order valence-corrected chi connectivity index (χ1v) is 16.0. The standard InChI is InChI=1S/C32H54N6O9/c1-24-7-9-26(10-8-24)20-28(32(33)43)38-21-29(40)27(34-3)6-4-5-11-36-30(41)22-46-19-17-45-15-13-37-31(42)23-47-18-16-44-14-12-35-25(2)39/h7-10,27-28,34,38H,4-6,11-23H2,1-3H3,(H2,33,43)(H,35,39)(H,36,41)(H,37,42)/t27-,28-/m0/s1. The summed E-state index contributed by atoms with van der Waals surface area (Å²) in [4.78, 5) is 59.1. The average Bonchev–Trinajstić information content (AvgIpc) is 3.03. The molecule has 0 radical (unpaired) electrons. The van der Waals surface area contributed by atoms with E-state index >= 15 is 0 Å². The Balaban J connectivity index is 2.02. The summed E-state index contributed by atoms with van der Waals surface area (Å²) in [5.74, 6) is -1.20. The molecule has 4 amide bonds. The molecule has 0 aromatic heterocycles.